The van der Waals surface area contributed by atoms with Crippen LogP contribution in [-0.2, 0) is 4.74 Å². The number of rotatable bonds is 7. The first kappa shape index (κ1) is 27.3. The lowest BCUT2D eigenvalue weighted by atomic mass is 10.2. The van der Waals surface area contributed by atoms with E-state index in [1.54, 1.807) is 63.4 Å². The monoisotopic (exact) mass is 549 g/mol. The molecule has 9 nitrogen and oxygen atoms in total. The van der Waals surface area contributed by atoms with E-state index in [4.69, 9.17) is 21.1 Å². The average Bonchev–Trinajstić information content (AvgIpc) is 2.86. The molecule has 0 aliphatic heterocycles. The van der Waals surface area contributed by atoms with Gasteiger partial charge in [-0.3, -0.25) is 10.1 Å². The van der Waals surface area contributed by atoms with Gasteiger partial charge in [0.2, 0.25) is 0 Å². The molecule has 0 atom stereocenters. The first-order chi connectivity index (χ1) is 18.6. The highest BCUT2D eigenvalue weighted by atomic mass is 35.5. The molecule has 2 aromatic carbocycles. The Hall–Kier alpha value is -4.70. The Morgan fingerprint density at radius 2 is 1.64 bits per heavy atom. The fourth-order valence-corrected chi connectivity index (χ4v) is 3.52. The fraction of sp³-hybridized carbons (Fsp3) is 0.143. The zero-order chi connectivity index (χ0) is 28.0. The molecule has 0 aliphatic rings. The van der Waals surface area contributed by atoms with E-state index in [1.165, 1.54) is 36.5 Å². The zero-order valence-electron chi connectivity index (χ0n) is 21.3. The van der Waals surface area contributed by atoms with E-state index in [2.05, 4.69) is 25.9 Å². The predicted octanol–water partition coefficient (Wildman–Crippen LogP) is 7.40. The van der Waals surface area contributed by atoms with Crippen LogP contribution in [0, 0.1) is 5.82 Å². The van der Waals surface area contributed by atoms with Crippen molar-refractivity contribution in [2.45, 2.75) is 26.4 Å². The normalized spacial score (nSPS) is 10.9. The lowest BCUT2D eigenvalue weighted by Crippen LogP contribution is -2.27. The van der Waals surface area contributed by atoms with Crippen LogP contribution in [0.3, 0.4) is 0 Å². The van der Waals surface area contributed by atoms with Crippen LogP contribution in [0.5, 0.6) is 11.5 Å². The van der Waals surface area contributed by atoms with Crippen molar-refractivity contribution in [2.24, 2.45) is 0 Å². The molecule has 0 saturated carbocycles. The largest absolute Gasteiger partial charge is 0.456 e. The van der Waals surface area contributed by atoms with Crippen LogP contribution in [0.25, 0.3) is 0 Å². The molecule has 39 heavy (non-hydrogen) atoms. The number of amides is 2. The number of hydrogen-bond acceptors (Lipinski definition) is 7. The summed E-state index contributed by atoms with van der Waals surface area (Å²) in [5.41, 5.74) is 0.634. The fourth-order valence-electron chi connectivity index (χ4n) is 3.30. The molecule has 0 aliphatic carbocycles. The molecular weight excluding hydrogens is 525 g/mol. The summed E-state index contributed by atoms with van der Waals surface area (Å²) in [7, 11) is 0. The number of aromatic nitrogens is 2. The summed E-state index contributed by atoms with van der Waals surface area (Å²) >= 11 is 6.46. The number of anilines is 4. The van der Waals surface area contributed by atoms with Gasteiger partial charge in [0.1, 0.15) is 34.6 Å². The van der Waals surface area contributed by atoms with Crippen molar-refractivity contribution >= 4 is 46.6 Å². The van der Waals surface area contributed by atoms with Crippen LogP contribution in [0.2, 0.25) is 5.02 Å². The summed E-state index contributed by atoms with van der Waals surface area (Å²) in [6.45, 7) is 5.28. The second-order valence-electron chi connectivity index (χ2n) is 9.24. The van der Waals surface area contributed by atoms with E-state index < -0.39 is 23.4 Å². The summed E-state index contributed by atoms with van der Waals surface area (Å²) < 4.78 is 24.3. The van der Waals surface area contributed by atoms with E-state index in [1.807, 2.05) is 0 Å². The van der Waals surface area contributed by atoms with Crippen LogP contribution in [0.4, 0.5) is 32.2 Å². The van der Waals surface area contributed by atoms with Crippen molar-refractivity contribution < 1.29 is 23.5 Å². The highest BCUT2D eigenvalue weighted by molar-refractivity contribution is 6.32. The number of hydrogen-bond donors (Lipinski definition) is 3. The molecule has 0 radical (unpaired) electrons. The molecule has 0 saturated heterocycles. The molecule has 3 N–H and O–H groups in total. The third-order valence-corrected chi connectivity index (χ3v) is 5.23. The summed E-state index contributed by atoms with van der Waals surface area (Å²) in [6.07, 6.45) is 2.38. The van der Waals surface area contributed by atoms with Gasteiger partial charge in [0.05, 0.1) is 10.6 Å². The van der Waals surface area contributed by atoms with Crippen molar-refractivity contribution in [3.8, 4) is 11.5 Å². The van der Waals surface area contributed by atoms with Crippen molar-refractivity contribution in [3.63, 3.8) is 0 Å². The van der Waals surface area contributed by atoms with E-state index in [-0.39, 0.29) is 16.4 Å². The van der Waals surface area contributed by atoms with Gasteiger partial charge in [-0.05, 0) is 81.4 Å². The number of nitrogens with one attached hydrogen (secondary N) is 3. The molecule has 4 rings (SSSR count). The predicted molar refractivity (Wildman–Crippen MR) is 147 cm³/mol. The first-order valence-corrected chi connectivity index (χ1v) is 12.2. The number of halogens is 2. The smallest absolute Gasteiger partial charge is 0.413 e. The Morgan fingerprint density at radius 3 is 2.36 bits per heavy atom. The van der Waals surface area contributed by atoms with Gasteiger partial charge < -0.3 is 20.1 Å². The second kappa shape index (κ2) is 11.8. The Morgan fingerprint density at radius 1 is 0.897 bits per heavy atom. The first-order valence-electron chi connectivity index (χ1n) is 11.8. The number of nitrogens with zero attached hydrogens (tertiary/aromatic N) is 2. The minimum atomic E-state index is -0.649. The number of pyridine rings is 2. The molecular formula is C28H25ClFN5O4. The van der Waals surface area contributed by atoms with Gasteiger partial charge in [-0.2, -0.15) is 0 Å². The maximum absolute atomic E-state index is 13.2. The molecule has 11 heteroatoms. The van der Waals surface area contributed by atoms with Crippen molar-refractivity contribution in [2.75, 3.05) is 16.0 Å². The SMILES string of the molecule is CC(C)(C)OC(=O)Nc1cc(Oc2ccc(Nc3ncccc3C(=O)Nc3ccc(F)cc3)cc2Cl)ccn1. The van der Waals surface area contributed by atoms with Gasteiger partial charge in [-0.25, -0.2) is 19.2 Å². The third kappa shape index (κ3) is 7.89. The summed E-state index contributed by atoms with van der Waals surface area (Å²) in [5.74, 6) is 0.473. The Bertz CT molecular complexity index is 1490. The molecule has 200 valence electrons. The van der Waals surface area contributed by atoms with Gasteiger partial charge in [0.25, 0.3) is 5.91 Å². The molecule has 2 aromatic heterocycles. The van der Waals surface area contributed by atoms with Crippen LogP contribution >= 0.6 is 11.6 Å². The highest BCUT2D eigenvalue weighted by Crippen LogP contribution is 2.33. The molecule has 0 unspecified atom stereocenters. The van der Waals surface area contributed by atoms with E-state index in [0.717, 1.165) is 0 Å². The second-order valence-corrected chi connectivity index (χ2v) is 9.64. The summed E-state index contributed by atoms with van der Waals surface area (Å²) in [4.78, 5) is 33.2. The number of carbonyl (C=O) groups excluding carboxylic acids is 2. The van der Waals surface area contributed by atoms with Crippen molar-refractivity contribution in [1.29, 1.82) is 0 Å². The molecule has 0 fully saturated rings. The zero-order valence-corrected chi connectivity index (χ0v) is 22.0. The Kier molecular flexibility index (Phi) is 8.26. The van der Waals surface area contributed by atoms with E-state index in [9.17, 15) is 14.0 Å². The highest BCUT2D eigenvalue weighted by Gasteiger charge is 2.17. The standard InChI is InChI=1S/C28H25ClFN5O4/c1-28(2,3)39-27(37)35-24-16-20(12-14-31-24)38-23-11-10-19(15-22(23)29)33-25-21(5-4-13-32-25)26(36)34-18-8-6-17(30)7-9-18/h4-16H,1-3H3,(H,32,33)(H,34,36)(H,31,35,37). The lowest BCUT2D eigenvalue weighted by molar-refractivity contribution is 0.0635. The molecule has 2 amide bonds. The maximum atomic E-state index is 13.2. The number of benzene rings is 2. The molecule has 4 aromatic rings. The summed E-state index contributed by atoms with van der Waals surface area (Å²) in [6, 6.07) is 16.8. The van der Waals surface area contributed by atoms with Crippen LogP contribution < -0.4 is 20.7 Å². The van der Waals surface area contributed by atoms with E-state index in [0.29, 0.717) is 28.7 Å². The topological polar surface area (TPSA) is 114 Å². The molecule has 0 bridgehead atoms. The third-order valence-electron chi connectivity index (χ3n) is 4.94. The molecule has 2 heterocycles. The van der Waals surface area contributed by atoms with Gasteiger partial charge in [0.15, 0.2) is 0 Å². The van der Waals surface area contributed by atoms with Crippen molar-refractivity contribution in [1.82, 2.24) is 9.97 Å². The maximum Gasteiger partial charge on any atom is 0.413 e. The van der Waals surface area contributed by atoms with Gasteiger partial charge in [0, 0.05) is 29.8 Å². The average molecular weight is 550 g/mol. The van der Waals surface area contributed by atoms with Crippen LogP contribution in [0.1, 0.15) is 31.1 Å². The van der Waals surface area contributed by atoms with Crippen LogP contribution in [-0.4, -0.2) is 27.6 Å². The summed E-state index contributed by atoms with van der Waals surface area (Å²) in [5, 5.41) is 8.64. The van der Waals surface area contributed by atoms with Gasteiger partial charge in [-0.1, -0.05) is 11.6 Å². The Labute approximate surface area is 229 Å². The van der Waals surface area contributed by atoms with Crippen molar-refractivity contribution in [3.05, 3.63) is 95.5 Å². The van der Waals surface area contributed by atoms with Gasteiger partial charge in [-0.15, -0.1) is 0 Å². The lowest BCUT2D eigenvalue weighted by Gasteiger charge is -2.19. The van der Waals surface area contributed by atoms with E-state index >= 15 is 0 Å². The molecule has 0 spiro atoms. The number of carbonyl (C=O) groups is 2. The van der Waals surface area contributed by atoms with Gasteiger partial charge >= 0.3 is 6.09 Å². The quantitative estimate of drug-likeness (QED) is 0.220. The minimum absolute atomic E-state index is 0.248. The van der Waals surface area contributed by atoms with Crippen LogP contribution in [0.15, 0.2) is 79.1 Å². The minimum Gasteiger partial charge on any atom is -0.456 e. The Balaban J connectivity index is 1.44. The number of ether oxygens (including phenoxy) is 2.